The topological polar surface area (TPSA) is 29.5 Å². The molecule has 3 heteroatoms. The average Bonchev–Trinajstić information content (AvgIpc) is 1.96. The predicted molar refractivity (Wildman–Crippen MR) is 58.2 cm³/mol. The van der Waals surface area contributed by atoms with Crippen LogP contribution in [-0.2, 0) is 9.53 Å². The Kier molecular flexibility index (Phi) is 5.13. The van der Waals surface area contributed by atoms with Gasteiger partial charge in [0.1, 0.15) is 6.61 Å². The second-order valence-corrected chi connectivity index (χ2v) is 5.17. The van der Waals surface area contributed by atoms with Crippen LogP contribution >= 0.6 is 0 Å². The van der Waals surface area contributed by atoms with E-state index >= 15 is 0 Å². The Morgan fingerprint density at radius 3 is 2.21 bits per heavy atom. The second kappa shape index (κ2) is 5.35. The van der Waals surface area contributed by atoms with Crippen molar-refractivity contribution in [3.63, 3.8) is 0 Å². The fraction of sp³-hybridized carbons (Fsp3) is 0.909. The molecular weight excluding hydrogens is 178 g/mol. The Bertz CT molecular complexity index is 182. The summed E-state index contributed by atoms with van der Waals surface area (Å²) in [5.41, 5.74) is 0.141. The van der Waals surface area contributed by atoms with Gasteiger partial charge < -0.3 is 9.64 Å². The molecule has 0 radical (unpaired) electrons. The van der Waals surface area contributed by atoms with Crippen LogP contribution in [0.15, 0.2) is 0 Å². The molecule has 1 amide bonds. The summed E-state index contributed by atoms with van der Waals surface area (Å²) >= 11 is 0. The molecule has 0 unspecified atom stereocenters. The Labute approximate surface area is 87.4 Å². The average molecular weight is 201 g/mol. The Balaban J connectivity index is 3.88. The van der Waals surface area contributed by atoms with Crippen LogP contribution in [0.4, 0.5) is 0 Å². The van der Waals surface area contributed by atoms with Crippen molar-refractivity contribution < 1.29 is 9.53 Å². The number of carbonyl (C=O) groups is 1. The highest BCUT2D eigenvalue weighted by Gasteiger charge is 2.17. The van der Waals surface area contributed by atoms with Crippen LogP contribution in [0, 0.1) is 5.41 Å². The molecule has 3 nitrogen and oxygen atoms in total. The minimum atomic E-state index is 0.0497. The van der Waals surface area contributed by atoms with Crippen molar-refractivity contribution in [2.75, 3.05) is 20.2 Å². The number of hydrogen-bond donors (Lipinski definition) is 0. The summed E-state index contributed by atoms with van der Waals surface area (Å²) in [4.78, 5) is 13.3. The first-order valence-corrected chi connectivity index (χ1v) is 5.08. The van der Waals surface area contributed by atoms with E-state index in [9.17, 15) is 4.79 Å². The zero-order valence-corrected chi connectivity index (χ0v) is 10.3. The normalized spacial score (nSPS) is 11.9. The highest BCUT2D eigenvalue weighted by molar-refractivity contribution is 5.77. The molecule has 0 saturated carbocycles. The lowest BCUT2D eigenvalue weighted by Gasteiger charge is -2.26. The molecule has 0 saturated heterocycles. The second-order valence-electron chi connectivity index (χ2n) is 5.17. The third kappa shape index (κ3) is 6.89. The summed E-state index contributed by atoms with van der Waals surface area (Å²) in [5, 5.41) is 0. The minimum absolute atomic E-state index is 0.0497. The van der Waals surface area contributed by atoms with E-state index in [0.29, 0.717) is 0 Å². The van der Waals surface area contributed by atoms with E-state index in [1.165, 1.54) is 0 Å². The highest BCUT2D eigenvalue weighted by atomic mass is 16.5. The maximum Gasteiger partial charge on any atom is 0.248 e. The van der Waals surface area contributed by atoms with Crippen LogP contribution in [0.1, 0.15) is 34.6 Å². The van der Waals surface area contributed by atoms with Gasteiger partial charge in [-0.1, -0.05) is 20.8 Å². The van der Waals surface area contributed by atoms with E-state index in [1.54, 1.807) is 4.90 Å². The summed E-state index contributed by atoms with van der Waals surface area (Å²) in [6.07, 6.45) is 0.113. The molecule has 0 aliphatic rings. The van der Waals surface area contributed by atoms with Gasteiger partial charge in [0, 0.05) is 13.6 Å². The van der Waals surface area contributed by atoms with Gasteiger partial charge >= 0.3 is 0 Å². The Hall–Kier alpha value is -0.570. The number of nitrogens with zero attached hydrogens (tertiary/aromatic N) is 1. The first-order valence-electron chi connectivity index (χ1n) is 5.08. The first-order chi connectivity index (χ1) is 6.22. The van der Waals surface area contributed by atoms with Crippen molar-refractivity contribution in [3.8, 4) is 0 Å². The molecule has 0 rings (SSSR count). The van der Waals surface area contributed by atoms with Gasteiger partial charge in [0.2, 0.25) is 5.91 Å². The van der Waals surface area contributed by atoms with Gasteiger partial charge in [-0.2, -0.15) is 0 Å². The quantitative estimate of drug-likeness (QED) is 0.695. The number of ether oxygens (including phenoxy) is 1. The summed E-state index contributed by atoms with van der Waals surface area (Å²) in [7, 11) is 1.82. The minimum Gasteiger partial charge on any atom is -0.369 e. The molecular formula is C11H23NO2. The molecule has 0 heterocycles. The molecule has 14 heavy (non-hydrogen) atoms. The van der Waals surface area contributed by atoms with Gasteiger partial charge in [-0.15, -0.1) is 0 Å². The molecule has 0 fully saturated rings. The van der Waals surface area contributed by atoms with Gasteiger partial charge in [-0.05, 0) is 19.3 Å². The van der Waals surface area contributed by atoms with Crippen LogP contribution in [0.2, 0.25) is 0 Å². The fourth-order valence-corrected chi connectivity index (χ4v) is 1.15. The third-order valence-corrected chi connectivity index (χ3v) is 1.68. The molecule has 0 aromatic carbocycles. The number of carbonyl (C=O) groups excluding carboxylic acids is 1. The lowest BCUT2D eigenvalue weighted by atomic mass is 9.96. The van der Waals surface area contributed by atoms with Crippen molar-refractivity contribution in [2.45, 2.75) is 40.7 Å². The van der Waals surface area contributed by atoms with Crippen molar-refractivity contribution in [2.24, 2.45) is 5.41 Å². The van der Waals surface area contributed by atoms with Gasteiger partial charge in [0.15, 0.2) is 0 Å². The Morgan fingerprint density at radius 2 is 1.86 bits per heavy atom. The standard InChI is InChI=1S/C11H23NO2/c1-9(2)14-7-10(13)12(6)8-11(3,4)5/h9H,7-8H2,1-6H3. The SMILES string of the molecule is CC(C)OCC(=O)N(C)CC(C)(C)C. The number of likely N-dealkylation sites (N-methyl/N-ethyl adjacent to an activating group) is 1. The maximum absolute atomic E-state index is 11.5. The monoisotopic (exact) mass is 201 g/mol. The summed E-state index contributed by atoms with van der Waals surface area (Å²) in [6.45, 7) is 11.1. The van der Waals surface area contributed by atoms with E-state index in [2.05, 4.69) is 20.8 Å². The fourth-order valence-electron chi connectivity index (χ4n) is 1.15. The molecule has 0 spiro atoms. The molecule has 0 aromatic rings. The Morgan fingerprint density at radius 1 is 1.36 bits per heavy atom. The van der Waals surface area contributed by atoms with E-state index < -0.39 is 0 Å². The molecule has 0 aromatic heterocycles. The maximum atomic E-state index is 11.5. The smallest absolute Gasteiger partial charge is 0.248 e. The zero-order chi connectivity index (χ0) is 11.4. The van der Waals surface area contributed by atoms with Crippen LogP contribution < -0.4 is 0 Å². The predicted octanol–water partition coefficient (Wildman–Crippen LogP) is 1.92. The van der Waals surface area contributed by atoms with Crippen molar-refractivity contribution >= 4 is 5.91 Å². The van der Waals surface area contributed by atoms with E-state index in [4.69, 9.17) is 4.74 Å². The molecule has 0 N–H and O–H groups in total. The van der Waals surface area contributed by atoms with Crippen LogP contribution in [0.3, 0.4) is 0 Å². The number of amides is 1. The number of hydrogen-bond acceptors (Lipinski definition) is 2. The molecule has 0 aliphatic heterocycles. The van der Waals surface area contributed by atoms with Crippen molar-refractivity contribution in [1.29, 1.82) is 0 Å². The summed E-state index contributed by atoms with van der Waals surface area (Å²) < 4.78 is 5.25. The lowest BCUT2D eigenvalue weighted by molar-refractivity contribution is -0.137. The zero-order valence-electron chi connectivity index (χ0n) is 10.3. The van der Waals surface area contributed by atoms with E-state index in [-0.39, 0.29) is 24.0 Å². The van der Waals surface area contributed by atoms with Gasteiger partial charge in [-0.25, -0.2) is 0 Å². The molecule has 0 aliphatic carbocycles. The van der Waals surface area contributed by atoms with Crippen molar-refractivity contribution in [3.05, 3.63) is 0 Å². The lowest BCUT2D eigenvalue weighted by Crippen LogP contribution is -2.37. The van der Waals surface area contributed by atoms with Gasteiger partial charge in [-0.3, -0.25) is 4.79 Å². The number of rotatable bonds is 4. The summed E-state index contributed by atoms with van der Waals surface area (Å²) in [5.74, 6) is 0.0497. The van der Waals surface area contributed by atoms with Gasteiger partial charge in [0.25, 0.3) is 0 Å². The van der Waals surface area contributed by atoms with Crippen LogP contribution in [-0.4, -0.2) is 37.1 Å². The van der Waals surface area contributed by atoms with Crippen LogP contribution in [0.5, 0.6) is 0 Å². The summed E-state index contributed by atoms with van der Waals surface area (Å²) in [6, 6.07) is 0. The van der Waals surface area contributed by atoms with E-state index in [1.807, 2.05) is 20.9 Å². The third-order valence-electron chi connectivity index (χ3n) is 1.68. The van der Waals surface area contributed by atoms with E-state index in [0.717, 1.165) is 6.54 Å². The first kappa shape index (κ1) is 13.4. The molecule has 0 atom stereocenters. The molecule has 0 bridgehead atoms. The highest BCUT2D eigenvalue weighted by Crippen LogP contribution is 2.14. The van der Waals surface area contributed by atoms with Crippen LogP contribution in [0.25, 0.3) is 0 Å². The van der Waals surface area contributed by atoms with Crippen molar-refractivity contribution in [1.82, 2.24) is 4.90 Å². The van der Waals surface area contributed by atoms with Gasteiger partial charge in [0.05, 0.1) is 6.10 Å². The molecule has 84 valence electrons. The largest absolute Gasteiger partial charge is 0.369 e.